The Kier molecular flexibility index (Phi) is 11.2. The Morgan fingerprint density at radius 2 is 1.42 bits per heavy atom. The lowest BCUT2D eigenvalue weighted by atomic mass is 10.0. The molecule has 4 aromatic carbocycles. The van der Waals surface area contributed by atoms with Gasteiger partial charge in [0.1, 0.15) is 12.6 Å². The first kappa shape index (κ1) is 33.5. The molecule has 1 N–H and O–H groups in total. The zero-order chi connectivity index (χ0) is 32.6. The summed E-state index contributed by atoms with van der Waals surface area (Å²) < 4.78 is 29.6. The van der Waals surface area contributed by atoms with E-state index < -0.39 is 28.5 Å². The van der Waals surface area contributed by atoms with Gasteiger partial charge in [-0.15, -0.1) is 0 Å². The molecule has 0 fully saturated rings. The smallest absolute Gasteiger partial charge is 0.264 e. The summed E-state index contributed by atoms with van der Waals surface area (Å²) in [5.74, 6) is -0.756. The van der Waals surface area contributed by atoms with E-state index in [-0.39, 0.29) is 29.8 Å². The molecular formula is C37H43N3O4S. The first-order valence-electron chi connectivity index (χ1n) is 15.3. The van der Waals surface area contributed by atoms with Crippen LogP contribution in [-0.4, -0.2) is 43.8 Å². The normalized spacial score (nSPS) is 12.6. The highest BCUT2D eigenvalue weighted by Gasteiger charge is 2.35. The second kappa shape index (κ2) is 15.0. The van der Waals surface area contributed by atoms with Crippen molar-refractivity contribution in [3.05, 3.63) is 131 Å². The van der Waals surface area contributed by atoms with Crippen molar-refractivity contribution in [2.24, 2.45) is 0 Å². The number of rotatable bonds is 13. The van der Waals surface area contributed by atoms with Crippen LogP contribution < -0.4 is 9.62 Å². The summed E-state index contributed by atoms with van der Waals surface area (Å²) in [5.41, 5.74) is 4.81. The molecule has 0 aromatic heterocycles. The molecule has 0 spiro atoms. The number of carbonyl (C=O) groups excluding carboxylic acids is 2. The number of sulfonamides is 1. The largest absolute Gasteiger partial charge is 0.352 e. The van der Waals surface area contributed by atoms with Crippen LogP contribution in [0.4, 0.5) is 5.69 Å². The lowest BCUT2D eigenvalue weighted by Crippen LogP contribution is -2.54. The number of nitrogens with one attached hydrogen (secondary N) is 1. The van der Waals surface area contributed by atoms with Crippen LogP contribution >= 0.6 is 0 Å². The lowest BCUT2D eigenvalue weighted by Gasteiger charge is -2.34. The molecule has 0 unspecified atom stereocenters. The molecule has 236 valence electrons. The van der Waals surface area contributed by atoms with Gasteiger partial charge in [-0.05, 0) is 69.0 Å². The monoisotopic (exact) mass is 625 g/mol. The minimum Gasteiger partial charge on any atom is -0.352 e. The number of hydrogen-bond acceptors (Lipinski definition) is 4. The number of anilines is 1. The molecule has 0 aliphatic rings. The van der Waals surface area contributed by atoms with Crippen LogP contribution in [0.5, 0.6) is 0 Å². The van der Waals surface area contributed by atoms with Crippen molar-refractivity contribution in [3.63, 3.8) is 0 Å². The molecule has 8 heteroatoms. The second-order valence-corrected chi connectivity index (χ2v) is 13.5. The summed E-state index contributed by atoms with van der Waals surface area (Å²) >= 11 is 0. The lowest BCUT2D eigenvalue weighted by molar-refractivity contribution is -0.140. The van der Waals surface area contributed by atoms with Gasteiger partial charge >= 0.3 is 0 Å². The molecule has 4 aromatic rings. The fraction of sp³-hybridized carbons (Fsp3) is 0.297. The van der Waals surface area contributed by atoms with E-state index in [4.69, 9.17) is 0 Å². The highest BCUT2D eigenvalue weighted by atomic mass is 32.2. The van der Waals surface area contributed by atoms with Crippen LogP contribution in [0.1, 0.15) is 48.1 Å². The minimum absolute atomic E-state index is 0.0877. The van der Waals surface area contributed by atoms with E-state index in [0.717, 1.165) is 28.7 Å². The van der Waals surface area contributed by atoms with E-state index in [9.17, 15) is 18.0 Å². The molecule has 0 bridgehead atoms. The van der Waals surface area contributed by atoms with Crippen LogP contribution in [0.2, 0.25) is 0 Å². The number of para-hydroxylation sites is 1. The summed E-state index contributed by atoms with van der Waals surface area (Å²) in [6.45, 7) is 9.26. The van der Waals surface area contributed by atoms with Crippen molar-refractivity contribution in [2.45, 2.75) is 71.0 Å². The minimum atomic E-state index is -4.14. The van der Waals surface area contributed by atoms with Gasteiger partial charge in [0.05, 0.1) is 10.6 Å². The molecule has 0 saturated heterocycles. The number of nitrogens with zero attached hydrogens (tertiary/aromatic N) is 2. The molecule has 45 heavy (non-hydrogen) atoms. The molecule has 7 nitrogen and oxygen atoms in total. The molecule has 0 aliphatic heterocycles. The Labute approximate surface area is 268 Å². The SMILES string of the molecule is CC[C@H](C)NC(=O)[C@@H](Cc1ccccc1)N(Cc1cccc(C)c1)C(=O)CN(c1ccccc1C)S(=O)(=O)c1ccc(C)cc1. The van der Waals surface area contributed by atoms with Gasteiger partial charge in [0, 0.05) is 19.0 Å². The third-order valence-corrected chi connectivity index (χ3v) is 9.75. The van der Waals surface area contributed by atoms with Crippen molar-refractivity contribution in [1.82, 2.24) is 10.2 Å². The molecule has 2 amide bonds. The van der Waals surface area contributed by atoms with Gasteiger partial charge < -0.3 is 10.2 Å². The number of hydrogen-bond donors (Lipinski definition) is 1. The highest BCUT2D eigenvalue weighted by Crippen LogP contribution is 2.28. The number of aryl methyl sites for hydroxylation is 3. The van der Waals surface area contributed by atoms with Crippen molar-refractivity contribution < 1.29 is 18.0 Å². The van der Waals surface area contributed by atoms with Crippen LogP contribution in [0.15, 0.2) is 108 Å². The van der Waals surface area contributed by atoms with E-state index in [1.54, 1.807) is 36.4 Å². The number of amides is 2. The maximum atomic E-state index is 14.6. The molecule has 0 radical (unpaired) electrons. The predicted molar refractivity (Wildman–Crippen MR) is 180 cm³/mol. The Morgan fingerprint density at radius 3 is 2.07 bits per heavy atom. The Morgan fingerprint density at radius 1 is 0.778 bits per heavy atom. The van der Waals surface area contributed by atoms with Gasteiger partial charge in [0.2, 0.25) is 11.8 Å². The van der Waals surface area contributed by atoms with E-state index in [1.807, 2.05) is 101 Å². The van der Waals surface area contributed by atoms with Crippen LogP contribution in [0, 0.1) is 20.8 Å². The van der Waals surface area contributed by atoms with Gasteiger partial charge in [0.25, 0.3) is 10.0 Å². The van der Waals surface area contributed by atoms with Crippen LogP contribution in [0.25, 0.3) is 0 Å². The zero-order valence-electron chi connectivity index (χ0n) is 26.7. The third kappa shape index (κ3) is 8.60. The molecule has 0 aliphatic carbocycles. The quantitative estimate of drug-likeness (QED) is 0.187. The average molecular weight is 626 g/mol. The van der Waals surface area contributed by atoms with Gasteiger partial charge in [-0.3, -0.25) is 13.9 Å². The fourth-order valence-corrected chi connectivity index (χ4v) is 6.67. The number of carbonyl (C=O) groups is 2. The Balaban J connectivity index is 1.82. The van der Waals surface area contributed by atoms with Gasteiger partial charge in [-0.2, -0.15) is 0 Å². The van der Waals surface area contributed by atoms with E-state index in [0.29, 0.717) is 11.3 Å². The molecule has 0 heterocycles. The summed E-state index contributed by atoms with van der Waals surface area (Å²) in [4.78, 5) is 30.2. The molecule has 2 atom stereocenters. The maximum Gasteiger partial charge on any atom is 0.264 e. The zero-order valence-corrected chi connectivity index (χ0v) is 27.6. The maximum absolute atomic E-state index is 14.6. The van der Waals surface area contributed by atoms with Crippen molar-refractivity contribution in [1.29, 1.82) is 0 Å². The summed E-state index contributed by atoms with van der Waals surface area (Å²) in [6, 6.07) is 30.1. The topological polar surface area (TPSA) is 86.8 Å². The van der Waals surface area contributed by atoms with Gasteiger partial charge in [0.15, 0.2) is 0 Å². The molecule has 0 saturated carbocycles. The van der Waals surface area contributed by atoms with Crippen molar-refractivity contribution in [3.8, 4) is 0 Å². The fourth-order valence-electron chi connectivity index (χ4n) is 5.20. The number of benzene rings is 4. The first-order valence-corrected chi connectivity index (χ1v) is 16.8. The van der Waals surface area contributed by atoms with Crippen LogP contribution in [-0.2, 0) is 32.6 Å². The van der Waals surface area contributed by atoms with Crippen molar-refractivity contribution in [2.75, 3.05) is 10.8 Å². The Hall–Kier alpha value is -4.43. The Bertz CT molecular complexity index is 1710. The predicted octanol–water partition coefficient (Wildman–Crippen LogP) is 6.36. The summed E-state index contributed by atoms with van der Waals surface area (Å²) in [7, 11) is -4.14. The first-order chi connectivity index (χ1) is 21.5. The van der Waals surface area contributed by atoms with Gasteiger partial charge in [-0.1, -0.05) is 103 Å². The summed E-state index contributed by atoms with van der Waals surface area (Å²) in [6.07, 6.45) is 1.00. The molecule has 4 rings (SSSR count). The van der Waals surface area contributed by atoms with Crippen LogP contribution in [0.3, 0.4) is 0 Å². The van der Waals surface area contributed by atoms with E-state index in [2.05, 4.69) is 5.32 Å². The average Bonchev–Trinajstić information content (AvgIpc) is 3.02. The van der Waals surface area contributed by atoms with E-state index in [1.165, 1.54) is 9.21 Å². The van der Waals surface area contributed by atoms with E-state index >= 15 is 0 Å². The second-order valence-electron chi connectivity index (χ2n) is 11.6. The van der Waals surface area contributed by atoms with Crippen molar-refractivity contribution >= 4 is 27.5 Å². The third-order valence-electron chi connectivity index (χ3n) is 7.98. The summed E-state index contributed by atoms with van der Waals surface area (Å²) in [5, 5.41) is 3.07. The highest BCUT2D eigenvalue weighted by molar-refractivity contribution is 7.92. The molecular weight excluding hydrogens is 582 g/mol. The standard InChI is InChI=1S/C37H43N3O4S/c1-6-30(5)38-37(42)35(24-31-15-8-7-9-16-31)39(25-32-17-12-13-28(3)23-32)36(41)26-40(34-18-11-10-14-29(34)4)45(43,44)33-21-19-27(2)20-22-33/h7-23,30,35H,6,24-26H2,1-5H3,(H,38,42)/t30-,35+/m0/s1. The van der Waals surface area contributed by atoms with Gasteiger partial charge in [-0.25, -0.2) is 8.42 Å².